The van der Waals surface area contributed by atoms with Crippen LogP contribution in [0.3, 0.4) is 0 Å². The minimum atomic E-state index is -3.68. The zero-order valence-corrected chi connectivity index (χ0v) is 13.9. The molecule has 1 fully saturated rings. The van der Waals surface area contributed by atoms with Crippen LogP contribution >= 0.6 is 22.0 Å². The number of carbonyl (C=O) groups is 1. The molecule has 1 heterocycles. The van der Waals surface area contributed by atoms with E-state index in [1.54, 1.807) is 6.07 Å². The van der Waals surface area contributed by atoms with Crippen molar-refractivity contribution in [3.8, 4) is 0 Å². The number of amides is 1. The Bertz CT molecular complexity index is 607. The van der Waals surface area contributed by atoms with E-state index in [-0.39, 0.29) is 21.4 Å². The van der Waals surface area contributed by atoms with Gasteiger partial charge in [-0.25, -0.2) is 8.42 Å². The predicted octanol–water partition coefficient (Wildman–Crippen LogP) is 3.12. The quantitative estimate of drug-likeness (QED) is 0.860. The lowest BCUT2D eigenvalue weighted by molar-refractivity contribution is -0.127. The molecule has 20 heavy (non-hydrogen) atoms. The minimum absolute atomic E-state index is 0.0405. The summed E-state index contributed by atoms with van der Waals surface area (Å²) in [6.45, 7) is 4.59. The van der Waals surface area contributed by atoms with Crippen LogP contribution in [-0.2, 0) is 20.4 Å². The summed E-state index contributed by atoms with van der Waals surface area (Å²) in [6.07, 6.45) is 3.07. The van der Waals surface area contributed by atoms with E-state index in [0.717, 1.165) is 35.5 Å². The van der Waals surface area contributed by atoms with Crippen molar-refractivity contribution in [2.24, 2.45) is 11.3 Å². The highest BCUT2D eigenvalue weighted by Gasteiger charge is 2.39. The lowest BCUT2D eigenvalue weighted by Crippen LogP contribution is -2.35. The maximum Gasteiger partial charge on any atom is 0.270 e. The van der Waals surface area contributed by atoms with Crippen LogP contribution < -0.4 is 5.32 Å². The second-order valence-electron chi connectivity index (χ2n) is 5.81. The van der Waals surface area contributed by atoms with Gasteiger partial charge >= 0.3 is 0 Å². The summed E-state index contributed by atoms with van der Waals surface area (Å²) < 4.78 is 22.4. The van der Waals surface area contributed by atoms with Crippen LogP contribution in [0.15, 0.2) is 16.3 Å². The van der Waals surface area contributed by atoms with Crippen molar-refractivity contribution in [2.75, 3.05) is 0 Å². The first-order chi connectivity index (χ1) is 9.20. The van der Waals surface area contributed by atoms with E-state index in [4.69, 9.17) is 10.7 Å². The van der Waals surface area contributed by atoms with E-state index >= 15 is 0 Å². The van der Waals surface area contributed by atoms with Crippen molar-refractivity contribution >= 4 is 37.0 Å². The molecule has 4 nitrogen and oxygen atoms in total. The van der Waals surface area contributed by atoms with Crippen LogP contribution in [0, 0.1) is 11.3 Å². The van der Waals surface area contributed by atoms with Crippen molar-refractivity contribution in [1.29, 1.82) is 0 Å². The Morgan fingerprint density at radius 1 is 1.50 bits per heavy atom. The molecule has 112 valence electrons. The van der Waals surface area contributed by atoms with Gasteiger partial charge in [0.25, 0.3) is 9.05 Å². The van der Waals surface area contributed by atoms with Crippen LogP contribution in [0.4, 0.5) is 0 Å². The van der Waals surface area contributed by atoms with Gasteiger partial charge in [-0.1, -0.05) is 20.3 Å². The Morgan fingerprint density at radius 3 is 2.70 bits per heavy atom. The molecule has 0 saturated heterocycles. The number of nitrogens with one attached hydrogen (secondary N) is 1. The molecule has 0 spiro atoms. The van der Waals surface area contributed by atoms with Crippen molar-refractivity contribution in [2.45, 2.75) is 43.9 Å². The molecule has 1 amide bonds. The molecule has 1 saturated carbocycles. The number of hydrogen-bond donors (Lipinski definition) is 1. The first-order valence-corrected chi connectivity index (χ1v) is 9.64. The molecule has 0 aromatic carbocycles. The second kappa shape index (κ2) is 5.66. The molecule has 0 bridgehead atoms. The first kappa shape index (κ1) is 15.8. The maximum absolute atomic E-state index is 12.2. The van der Waals surface area contributed by atoms with Gasteiger partial charge < -0.3 is 5.32 Å². The van der Waals surface area contributed by atoms with Crippen LogP contribution in [-0.4, -0.2) is 14.3 Å². The molecular formula is C13H18ClNO3S2. The Labute approximate surface area is 127 Å². The molecule has 1 aromatic rings. The fraction of sp³-hybridized carbons (Fsp3) is 0.615. The number of rotatable bonds is 4. The molecule has 0 aliphatic heterocycles. The van der Waals surface area contributed by atoms with Gasteiger partial charge in [0.2, 0.25) is 5.91 Å². The zero-order chi connectivity index (χ0) is 15.0. The van der Waals surface area contributed by atoms with Gasteiger partial charge in [-0.2, -0.15) is 0 Å². The fourth-order valence-electron chi connectivity index (χ4n) is 2.69. The van der Waals surface area contributed by atoms with E-state index in [9.17, 15) is 13.2 Å². The van der Waals surface area contributed by atoms with Crippen LogP contribution in [0.2, 0.25) is 0 Å². The number of carbonyl (C=O) groups excluding carboxylic acids is 1. The van der Waals surface area contributed by atoms with Gasteiger partial charge in [-0.3, -0.25) is 4.79 Å². The zero-order valence-electron chi connectivity index (χ0n) is 11.5. The van der Waals surface area contributed by atoms with Crippen molar-refractivity contribution in [1.82, 2.24) is 5.32 Å². The average Bonchev–Trinajstić information content (AvgIpc) is 2.91. The van der Waals surface area contributed by atoms with E-state index in [1.165, 1.54) is 6.07 Å². The topological polar surface area (TPSA) is 63.2 Å². The lowest BCUT2D eigenvalue weighted by Gasteiger charge is -2.25. The van der Waals surface area contributed by atoms with Crippen LogP contribution in [0.1, 0.15) is 38.0 Å². The van der Waals surface area contributed by atoms with Gasteiger partial charge in [0.15, 0.2) is 0 Å². The molecule has 1 N–H and O–H groups in total. The third kappa shape index (κ3) is 3.54. The highest BCUT2D eigenvalue weighted by Crippen LogP contribution is 2.42. The Morgan fingerprint density at radius 2 is 2.20 bits per heavy atom. The number of thiophene rings is 1. The Balaban J connectivity index is 1.96. The van der Waals surface area contributed by atoms with Gasteiger partial charge in [0.05, 0.1) is 6.54 Å². The van der Waals surface area contributed by atoms with Gasteiger partial charge in [0.1, 0.15) is 4.21 Å². The smallest absolute Gasteiger partial charge is 0.270 e. The molecule has 7 heteroatoms. The number of halogens is 1. The molecule has 1 aliphatic carbocycles. The Hall–Kier alpha value is -0.590. The summed E-state index contributed by atoms with van der Waals surface area (Å²) in [4.78, 5) is 13.0. The third-order valence-corrected chi connectivity index (χ3v) is 7.07. The second-order valence-corrected chi connectivity index (χ2v) is 9.77. The normalized spacial score (nSPS) is 21.9. The molecule has 2 rings (SSSR count). The van der Waals surface area contributed by atoms with Crippen molar-refractivity contribution in [3.05, 3.63) is 17.0 Å². The van der Waals surface area contributed by atoms with E-state index in [1.807, 2.05) is 0 Å². The molecular weight excluding hydrogens is 318 g/mol. The molecule has 0 radical (unpaired) electrons. The summed E-state index contributed by atoms with van der Waals surface area (Å²) >= 11 is 1.09. The van der Waals surface area contributed by atoms with Crippen molar-refractivity contribution < 1.29 is 13.2 Å². The van der Waals surface area contributed by atoms with E-state index < -0.39 is 9.05 Å². The Kier molecular flexibility index (Phi) is 4.47. The predicted molar refractivity (Wildman–Crippen MR) is 80.3 cm³/mol. The maximum atomic E-state index is 12.2. The fourth-order valence-corrected chi connectivity index (χ4v) is 4.76. The molecule has 1 aromatic heterocycles. The summed E-state index contributed by atoms with van der Waals surface area (Å²) in [5.74, 6) is 0.0925. The molecule has 1 unspecified atom stereocenters. The third-order valence-electron chi connectivity index (χ3n) is 3.89. The van der Waals surface area contributed by atoms with E-state index in [0.29, 0.717) is 6.54 Å². The first-order valence-electron chi connectivity index (χ1n) is 6.51. The molecule has 1 aliphatic rings. The highest BCUT2D eigenvalue weighted by atomic mass is 35.7. The lowest BCUT2D eigenvalue weighted by atomic mass is 9.81. The van der Waals surface area contributed by atoms with Gasteiger partial charge in [0, 0.05) is 21.5 Å². The summed E-state index contributed by atoms with van der Waals surface area (Å²) in [6, 6.07) is 3.15. The van der Waals surface area contributed by atoms with Gasteiger partial charge in [-0.05, 0) is 30.4 Å². The average molecular weight is 336 g/mol. The van der Waals surface area contributed by atoms with E-state index in [2.05, 4.69) is 19.2 Å². The summed E-state index contributed by atoms with van der Waals surface area (Å²) in [5.41, 5.74) is 0.0458. The summed E-state index contributed by atoms with van der Waals surface area (Å²) in [5, 5.41) is 2.89. The monoisotopic (exact) mass is 335 g/mol. The van der Waals surface area contributed by atoms with Crippen molar-refractivity contribution in [3.63, 3.8) is 0 Å². The summed E-state index contributed by atoms with van der Waals surface area (Å²) in [7, 11) is 1.59. The molecule has 1 atom stereocenters. The number of hydrogen-bond acceptors (Lipinski definition) is 4. The van der Waals surface area contributed by atoms with Gasteiger partial charge in [-0.15, -0.1) is 11.3 Å². The largest absolute Gasteiger partial charge is 0.351 e. The highest BCUT2D eigenvalue weighted by molar-refractivity contribution is 8.15. The van der Waals surface area contributed by atoms with Crippen LogP contribution in [0.5, 0.6) is 0 Å². The standard InChI is InChI=1S/C13H18ClNO3S2/c1-13(2)7-3-4-10(13)12(16)15-8-9-5-6-11(19-9)20(14,17)18/h5-6,10H,3-4,7-8H2,1-2H3,(H,15,16). The SMILES string of the molecule is CC1(C)CCCC1C(=O)NCc1ccc(S(=O)(=O)Cl)s1. The minimum Gasteiger partial charge on any atom is -0.351 e. The van der Waals surface area contributed by atoms with Crippen LogP contribution in [0.25, 0.3) is 0 Å².